The number of aryl methyl sites for hydroxylation is 2. The molecule has 122 valence electrons. The van der Waals surface area contributed by atoms with Crippen LogP contribution in [0.3, 0.4) is 0 Å². The summed E-state index contributed by atoms with van der Waals surface area (Å²) in [5.74, 6) is 0.515. The molecule has 0 unspecified atom stereocenters. The number of benzene rings is 1. The fourth-order valence-corrected chi connectivity index (χ4v) is 2.93. The maximum atomic E-state index is 13.2. The molecule has 24 heavy (non-hydrogen) atoms. The van der Waals surface area contributed by atoms with E-state index in [1.165, 1.54) is 16.7 Å². The normalized spacial score (nSPS) is 11.6. The van der Waals surface area contributed by atoms with Crippen LogP contribution < -0.4 is 11.2 Å². The lowest BCUT2D eigenvalue weighted by atomic mass is 10.2. The molecule has 4 rings (SSSR count). The minimum atomic E-state index is -0.526. The summed E-state index contributed by atoms with van der Waals surface area (Å²) in [6.45, 7) is 2.35. The van der Waals surface area contributed by atoms with Crippen molar-refractivity contribution in [1.29, 1.82) is 0 Å². The lowest BCUT2D eigenvalue weighted by Crippen LogP contribution is -2.29. The average molecular weight is 328 g/mol. The highest BCUT2D eigenvalue weighted by Gasteiger charge is 2.21. The van der Waals surface area contributed by atoms with Crippen LogP contribution in [0.15, 0.2) is 33.9 Å². The fourth-order valence-electron chi connectivity index (χ4n) is 2.93. The maximum absolute atomic E-state index is 13.2. The topological polar surface area (TPSA) is 90.0 Å². The monoisotopic (exact) mass is 328 g/mol. The Balaban J connectivity index is 2.23. The second kappa shape index (κ2) is 4.88. The molecule has 0 aliphatic carbocycles. The SMILES string of the molecule is CCn1c2c(=O)[nH]c(=O)n(C)c2n2c(-c3ccc(F)cc3)nnc12. The van der Waals surface area contributed by atoms with Gasteiger partial charge in [0.15, 0.2) is 17.0 Å². The summed E-state index contributed by atoms with van der Waals surface area (Å²) in [5.41, 5.74) is 0.358. The molecular formula is C15H13FN6O2. The van der Waals surface area contributed by atoms with Crippen molar-refractivity contribution in [3.8, 4) is 11.4 Å². The van der Waals surface area contributed by atoms with Crippen molar-refractivity contribution >= 4 is 16.9 Å². The number of halogens is 1. The predicted molar refractivity (Wildman–Crippen MR) is 85.4 cm³/mol. The van der Waals surface area contributed by atoms with E-state index in [1.807, 2.05) is 6.92 Å². The molecule has 0 atom stereocenters. The van der Waals surface area contributed by atoms with E-state index in [9.17, 15) is 14.0 Å². The number of aromatic nitrogens is 6. The molecule has 0 aliphatic rings. The molecule has 0 aliphatic heterocycles. The molecule has 0 saturated carbocycles. The van der Waals surface area contributed by atoms with E-state index in [-0.39, 0.29) is 5.82 Å². The van der Waals surface area contributed by atoms with Gasteiger partial charge in [-0.3, -0.25) is 14.3 Å². The first-order chi connectivity index (χ1) is 11.5. The molecule has 8 nitrogen and oxygen atoms in total. The van der Waals surface area contributed by atoms with Gasteiger partial charge < -0.3 is 4.57 Å². The van der Waals surface area contributed by atoms with Crippen LogP contribution in [-0.4, -0.2) is 28.7 Å². The van der Waals surface area contributed by atoms with Crippen LogP contribution in [0.4, 0.5) is 4.39 Å². The largest absolute Gasteiger partial charge is 0.329 e. The Hall–Kier alpha value is -3.23. The third-order valence-corrected chi connectivity index (χ3v) is 4.06. The third-order valence-electron chi connectivity index (χ3n) is 4.06. The van der Waals surface area contributed by atoms with Crippen LogP contribution in [0.1, 0.15) is 6.92 Å². The summed E-state index contributed by atoms with van der Waals surface area (Å²) in [6.07, 6.45) is 0. The molecular weight excluding hydrogens is 315 g/mol. The molecule has 3 aromatic heterocycles. The Morgan fingerprint density at radius 3 is 2.54 bits per heavy atom. The van der Waals surface area contributed by atoms with Crippen molar-refractivity contribution in [1.82, 2.24) is 28.7 Å². The highest BCUT2D eigenvalue weighted by Crippen LogP contribution is 2.24. The Morgan fingerprint density at radius 2 is 1.88 bits per heavy atom. The van der Waals surface area contributed by atoms with E-state index >= 15 is 0 Å². The number of rotatable bonds is 2. The van der Waals surface area contributed by atoms with Crippen LogP contribution in [0.25, 0.3) is 28.3 Å². The maximum Gasteiger partial charge on any atom is 0.329 e. The first kappa shape index (κ1) is 14.4. The summed E-state index contributed by atoms with van der Waals surface area (Å²) >= 11 is 0. The molecule has 0 saturated heterocycles. The molecule has 4 aromatic rings. The minimum Gasteiger partial charge on any atom is -0.303 e. The number of H-pyrrole nitrogens is 1. The van der Waals surface area contributed by atoms with Crippen molar-refractivity contribution < 1.29 is 4.39 Å². The van der Waals surface area contributed by atoms with Crippen molar-refractivity contribution in [2.24, 2.45) is 7.05 Å². The van der Waals surface area contributed by atoms with Gasteiger partial charge in [-0.1, -0.05) is 0 Å². The summed E-state index contributed by atoms with van der Waals surface area (Å²) in [6, 6.07) is 5.79. The zero-order valence-electron chi connectivity index (χ0n) is 12.9. The number of imidazole rings is 1. The number of hydrogen-bond acceptors (Lipinski definition) is 4. The molecule has 0 fully saturated rings. The van der Waals surface area contributed by atoms with Gasteiger partial charge in [0.2, 0.25) is 5.78 Å². The van der Waals surface area contributed by atoms with Gasteiger partial charge in [-0.05, 0) is 31.2 Å². The number of aromatic amines is 1. The van der Waals surface area contributed by atoms with Gasteiger partial charge in [0.1, 0.15) is 5.82 Å². The molecule has 0 amide bonds. The predicted octanol–water partition coefficient (Wildman–Crippen LogP) is 0.897. The van der Waals surface area contributed by atoms with Gasteiger partial charge in [0.25, 0.3) is 5.56 Å². The van der Waals surface area contributed by atoms with Crippen LogP contribution in [0.5, 0.6) is 0 Å². The van der Waals surface area contributed by atoms with Crippen LogP contribution >= 0.6 is 0 Å². The molecule has 1 N–H and O–H groups in total. The molecule has 1 aromatic carbocycles. The Kier molecular flexibility index (Phi) is 2.92. The number of hydrogen-bond donors (Lipinski definition) is 1. The van der Waals surface area contributed by atoms with Crippen molar-refractivity contribution in [3.05, 3.63) is 50.9 Å². The highest BCUT2D eigenvalue weighted by molar-refractivity contribution is 5.79. The Labute approximate surface area is 133 Å². The number of fused-ring (bicyclic) bond motifs is 3. The van der Waals surface area contributed by atoms with E-state index in [0.29, 0.717) is 34.9 Å². The van der Waals surface area contributed by atoms with E-state index in [0.717, 1.165) is 0 Å². The minimum absolute atomic E-state index is 0.341. The summed E-state index contributed by atoms with van der Waals surface area (Å²) in [5, 5.41) is 8.31. The quantitative estimate of drug-likeness (QED) is 0.592. The highest BCUT2D eigenvalue weighted by atomic mass is 19.1. The first-order valence-electron chi connectivity index (χ1n) is 7.35. The second-order valence-electron chi connectivity index (χ2n) is 5.40. The number of nitrogens with zero attached hydrogens (tertiary/aromatic N) is 5. The summed E-state index contributed by atoms with van der Waals surface area (Å²) in [7, 11) is 1.56. The standard InChI is InChI=1S/C15H13FN6O2/c1-3-21-10-12(23)17-15(24)20(2)13(10)22-11(18-19-14(21)22)8-4-6-9(16)7-5-8/h4-7H,3H2,1-2H3,(H,17,23,24). The zero-order chi connectivity index (χ0) is 17.0. The molecule has 0 spiro atoms. The Bertz CT molecular complexity index is 1200. The van der Waals surface area contributed by atoms with Gasteiger partial charge in [0.05, 0.1) is 0 Å². The Morgan fingerprint density at radius 1 is 1.17 bits per heavy atom. The zero-order valence-corrected chi connectivity index (χ0v) is 12.9. The van der Waals surface area contributed by atoms with Crippen molar-refractivity contribution in [2.75, 3.05) is 0 Å². The van der Waals surface area contributed by atoms with Gasteiger partial charge in [-0.15, -0.1) is 10.2 Å². The van der Waals surface area contributed by atoms with E-state index in [4.69, 9.17) is 0 Å². The van der Waals surface area contributed by atoms with E-state index < -0.39 is 11.2 Å². The van der Waals surface area contributed by atoms with Crippen molar-refractivity contribution in [2.45, 2.75) is 13.5 Å². The molecule has 9 heteroatoms. The van der Waals surface area contributed by atoms with Crippen molar-refractivity contribution in [3.63, 3.8) is 0 Å². The van der Waals surface area contributed by atoms with E-state index in [2.05, 4.69) is 15.2 Å². The van der Waals surface area contributed by atoms with Gasteiger partial charge in [-0.2, -0.15) is 0 Å². The van der Waals surface area contributed by atoms with Crippen LogP contribution in [0.2, 0.25) is 0 Å². The number of nitrogens with one attached hydrogen (secondary N) is 1. The smallest absolute Gasteiger partial charge is 0.303 e. The van der Waals surface area contributed by atoms with Gasteiger partial charge in [-0.25, -0.2) is 13.6 Å². The molecule has 3 heterocycles. The third kappa shape index (κ3) is 1.78. The second-order valence-corrected chi connectivity index (χ2v) is 5.40. The van der Waals surface area contributed by atoms with Crippen LogP contribution in [-0.2, 0) is 13.6 Å². The molecule has 0 bridgehead atoms. The summed E-state index contributed by atoms with van der Waals surface area (Å²) in [4.78, 5) is 26.6. The first-order valence-corrected chi connectivity index (χ1v) is 7.35. The molecule has 0 radical (unpaired) electrons. The fraction of sp³-hybridized carbons (Fsp3) is 0.200. The van der Waals surface area contributed by atoms with Crippen LogP contribution in [0, 0.1) is 5.82 Å². The average Bonchev–Trinajstić information content (AvgIpc) is 3.11. The van der Waals surface area contributed by atoms with Gasteiger partial charge >= 0.3 is 5.69 Å². The summed E-state index contributed by atoms with van der Waals surface area (Å²) < 4.78 is 17.9. The lowest BCUT2D eigenvalue weighted by molar-refractivity contribution is 0.628. The lowest BCUT2D eigenvalue weighted by Gasteiger charge is -2.03. The van der Waals surface area contributed by atoms with Gasteiger partial charge in [0, 0.05) is 19.2 Å². The van der Waals surface area contributed by atoms with E-state index in [1.54, 1.807) is 28.1 Å².